The average Bonchev–Trinajstić information content (AvgIpc) is 3.29. The van der Waals surface area contributed by atoms with Crippen LogP contribution in [0.4, 0.5) is 4.39 Å². The number of morpholine rings is 1. The molecule has 2 atom stereocenters. The van der Waals surface area contributed by atoms with Gasteiger partial charge in [-0.1, -0.05) is 23.9 Å². The van der Waals surface area contributed by atoms with Gasteiger partial charge in [-0.05, 0) is 38.5 Å². The maximum Gasteiger partial charge on any atom is 0.257 e. The first kappa shape index (κ1) is 26.2. The van der Waals surface area contributed by atoms with E-state index in [4.69, 9.17) is 4.74 Å². The summed E-state index contributed by atoms with van der Waals surface area (Å²) in [5, 5.41) is 14.4. The van der Waals surface area contributed by atoms with E-state index >= 15 is 0 Å². The lowest BCUT2D eigenvalue weighted by molar-refractivity contribution is -0.156. The van der Waals surface area contributed by atoms with Crippen LogP contribution in [0.2, 0.25) is 0 Å². The number of rotatable bonds is 8. The Morgan fingerprint density at radius 3 is 2.50 bits per heavy atom. The number of β-lactam (4-membered cyclic amide) rings is 1. The lowest BCUT2D eigenvalue weighted by Gasteiger charge is -2.44. The summed E-state index contributed by atoms with van der Waals surface area (Å²) in [5.74, 6) is -1.28. The Bertz CT molecular complexity index is 1130. The number of halogens is 1. The first-order chi connectivity index (χ1) is 17.1. The molecule has 2 unspecified atom stereocenters. The number of ether oxygens (including phenoxy) is 1. The Labute approximate surface area is 212 Å². The Morgan fingerprint density at radius 2 is 1.89 bits per heavy atom. The molecule has 0 radical (unpaired) electrons. The van der Waals surface area contributed by atoms with Crippen molar-refractivity contribution in [3.8, 4) is 0 Å². The van der Waals surface area contributed by atoms with E-state index in [0.717, 1.165) is 10.2 Å². The number of carbonyl (C=O) groups is 3. The summed E-state index contributed by atoms with van der Waals surface area (Å²) >= 11 is 1.23. The van der Waals surface area contributed by atoms with Gasteiger partial charge in [-0.3, -0.25) is 14.4 Å². The molecule has 2 aromatic rings. The first-order valence-corrected chi connectivity index (χ1v) is 12.8. The van der Waals surface area contributed by atoms with E-state index in [1.807, 2.05) is 6.92 Å². The Hall–Kier alpha value is -2.83. The van der Waals surface area contributed by atoms with Gasteiger partial charge in [-0.15, -0.1) is 5.10 Å². The normalized spacial score (nSPS) is 20.4. The van der Waals surface area contributed by atoms with Crippen molar-refractivity contribution in [1.82, 2.24) is 24.6 Å². The SMILES string of the molecule is CC1C(c2nc(SCc3ccc(F)cc3)n(C(=O)C(C)(C)CO)n2)C(=O)N1CC(=O)N1CCOCC1. The maximum atomic E-state index is 13.3. The molecule has 2 amide bonds. The lowest BCUT2D eigenvalue weighted by atomic mass is 9.88. The van der Waals surface area contributed by atoms with Gasteiger partial charge in [0.1, 0.15) is 18.3 Å². The summed E-state index contributed by atoms with van der Waals surface area (Å²) in [4.78, 5) is 46.5. The monoisotopic (exact) mass is 519 g/mol. The highest BCUT2D eigenvalue weighted by Crippen LogP contribution is 2.35. The third-order valence-electron chi connectivity index (χ3n) is 6.51. The molecule has 2 aliphatic rings. The predicted molar refractivity (Wildman–Crippen MR) is 129 cm³/mol. The van der Waals surface area contributed by atoms with E-state index in [9.17, 15) is 23.9 Å². The number of aromatic nitrogens is 3. The molecule has 0 spiro atoms. The first-order valence-electron chi connectivity index (χ1n) is 11.8. The number of aliphatic hydroxyl groups excluding tert-OH is 1. The summed E-state index contributed by atoms with van der Waals surface area (Å²) in [6, 6.07) is 5.67. The van der Waals surface area contributed by atoms with E-state index in [0.29, 0.717) is 32.1 Å². The molecule has 10 nitrogen and oxygen atoms in total. The Balaban J connectivity index is 1.52. The second kappa shape index (κ2) is 10.7. The minimum absolute atomic E-state index is 0.0279. The lowest BCUT2D eigenvalue weighted by Crippen LogP contribution is -2.61. The molecular weight excluding hydrogens is 489 g/mol. The molecule has 0 aliphatic carbocycles. The van der Waals surface area contributed by atoms with E-state index in [1.54, 1.807) is 30.9 Å². The fourth-order valence-corrected chi connectivity index (χ4v) is 4.94. The Morgan fingerprint density at radius 1 is 1.22 bits per heavy atom. The highest BCUT2D eigenvalue weighted by atomic mass is 32.2. The van der Waals surface area contributed by atoms with Gasteiger partial charge in [-0.25, -0.2) is 9.37 Å². The predicted octanol–water partition coefficient (Wildman–Crippen LogP) is 1.54. The van der Waals surface area contributed by atoms with Crippen LogP contribution in [0.3, 0.4) is 0 Å². The highest BCUT2D eigenvalue weighted by molar-refractivity contribution is 7.98. The van der Waals surface area contributed by atoms with Crippen molar-refractivity contribution in [3.05, 3.63) is 41.5 Å². The second-order valence-electron chi connectivity index (χ2n) is 9.60. The van der Waals surface area contributed by atoms with E-state index < -0.39 is 17.2 Å². The number of likely N-dealkylation sites (tertiary alicyclic amines) is 1. The van der Waals surface area contributed by atoms with Gasteiger partial charge in [0.25, 0.3) is 5.91 Å². The zero-order chi connectivity index (χ0) is 26.0. The fraction of sp³-hybridized carbons (Fsp3) is 0.542. The van der Waals surface area contributed by atoms with Crippen LogP contribution in [0, 0.1) is 11.2 Å². The van der Waals surface area contributed by atoms with Crippen LogP contribution in [0.5, 0.6) is 0 Å². The quantitative estimate of drug-likeness (QED) is 0.412. The maximum absolute atomic E-state index is 13.3. The Kier molecular flexibility index (Phi) is 7.76. The molecule has 36 heavy (non-hydrogen) atoms. The molecule has 12 heteroatoms. The average molecular weight is 520 g/mol. The summed E-state index contributed by atoms with van der Waals surface area (Å²) < 4.78 is 19.7. The van der Waals surface area contributed by atoms with Crippen molar-refractivity contribution < 1.29 is 28.6 Å². The summed E-state index contributed by atoms with van der Waals surface area (Å²) in [5.41, 5.74) is -0.283. The topological polar surface area (TPSA) is 118 Å². The molecule has 3 heterocycles. The number of thioether (sulfide) groups is 1. The van der Waals surface area contributed by atoms with Gasteiger partial charge >= 0.3 is 0 Å². The molecule has 1 N–H and O–H groups in total. The minimum atomic E-state index is -1.11. The summed E-state index contributed by atoms with van der Waals surface area (Å²) in [6.07, 6.45) is 0. The van der Waals surface area contributed by atoms with Crippen molar-refractivity contribution >= 4 is 29.5 Å². The van der Waals surface area contributed by atoms with Gasteiger partial charge in [0.05, 0.1) is 25.2 Å². The number of aliphatic hydroxyl groups is 1. The second-order valence-corrected chi connectivity index (χ2v) is 10.5. The van der Waals surface area contributed by atoms with Crippen LogP contribution in [-0.4, -0.2) is 92.9 Å². The van der Waals surface area contributed by atoms with Crippen molar-refractivity contribution in [3.63, 3.8) is 0 Å². The molecule has 0 saturated carbocycles. The van der Waals surface area contributed by atoms with E-state index in [-0.39, 0.29) is 47.8 Å². The van der Waals surface area contributed by atoms with Crippen LogP contribution >= 0.6 is 11.8 Å². The number of nitrogens with zero attached hydrogens (tertiary/aromatic N) is 5. The highest BCUT2D eigenvalue weighted by Gasteiger charge is 2.49. The number of hydrogen-bond donors (Lipinski definition) is 1. The van der Waals surface area contributed by atoms with Crippen LogP contribution in [0.25, 0.3) is 0 Å². The zero-order valence-corrected chi connectivity index (χ0v) is 21.3. The molecule has 194 valence electrons. The van der Waals surface area contributed by atoms with Crippen molar-refractivity contribution in [2.75, 3.05) is 39.5 Å². The minimum Gasteiger partial charge on any atom is -0.395 e. The van der Waals surface area contributed by atoms with Gasteiger partial charge < -0.3 is 19.6 Å². The number of hydrogen-bond acceptors (Lipinski definition) is 8. The van der Waals surface area contributed by atoms with Crippen LogP contribution in [0.15, 0.2) is 29.4 Å². The van der Waals surface area contributed by atoms with Crippen molar-refractivity contribution in [2.45, 2.75) is 43.6 Å². The number of amides is 2. The van der Waals surface area contributed by atoms with Crippen molar-refractivity contribution in [2.24, 2.45) is 5.41 Å². The van der Waals surface area contributed by atoms with E-state index in [2.05, 4.69) is 10.1 Å². The summed E-state index contributed by atoms with van der Waals surface area (Å²) in [6.45, 7) is 6.57. The van der Waals surface area contributed by atoms with Gasteiger partial charge in [0.2, 0.25) is 11.8 Å². The molecule has 1 aromatic carbocycles. The third kappa shape index (κ3) is 5.30. The number of carbonyl (C=O) groups excluding carboxylic acids is 3. The largest absolute Gasteiger partial charge is 0.395 e. The molecule has 2 fully saturated rings. The van der Waals surface area contributed by atoms with Gasteiger partial charge in [0.15, 0.2) is 11.0 Å². The molecule has 0 bridgehead atoms. The third-order valence-corrected chi connectivity index (χ3v) is 7.51. The standard InChI is InChI=1S/C24H30FN5O5S/c1-15-19(21(33)29(15)12-18(32)28-8-10-35-11-9-28)20-26-23(30(27-20)22(34)24(2,3)14-31)36-13-16-4-6-17(25)7-5-16/h4-7,15,19,31H,8-14H2,1-3H3. The molecule has 2 saturated heterocycles. The smallest absolute Gasteiger partial charge is 0.257 e. The fourth-order valence-electron chi connectivity index (χ4n) is 4.04. The molecular formula is C24H30FN5O5S. The van der Waals surface area contributed by atoms with Gasteiger partial charge in [-0.2, -0.15) is 4.68 Å². The van der Waals surface area contributed by atoms with E-state index in [1.165, 1.54) is 28.8 Å². The number of benzene rings is 1. The van der Waals surface area contributed by atoms with Crippen LogP contribution in [0.1, 0.15) is 42.9 Å². The van der Waals surface area contributed by atoms with Crippen molar-refractivity contribution in [1.29, 1.82) is 0 Å². The zero-order valence-electron chi connectivity index (χ0n) is 20.5. The molecule has 4 rings (SSSR count). The van der Waals surface area contributed by atoms with Crippen LogP contribution < -0.4 is 0 Å². The van der Waals surface area contributed by atoms with Gasteiger partial charge in [0, 0.05) is 24.9 Å². The molecule has 2 aliphatic heterocycles. The van der Waals surface area contributed by atoms with Crippen LogP contribution in [-0.2, 0) is 20.1 Å². The summed E-state index contributed by atoms with van der Waals surface area (Å²) in [7, 11) is 0. The molecule has 1 aromatic heterocycles.